The Morgan fingerprint density at radius 3 is 2.75 bits per heavy atom. The van der Waals surface area contributed by atoms with E-state index >= 15 is 0 Å². The Balaban J connectivity index is 1.58. The van der Waals surface area contributed by atoms with Crippen molar-refractivity contribution in [3.63, 3.8) is 0 Å². The summed E-state index contributed by atoms with van der Waals surface area (Å²) in [6, 6.07) is 8.16. The lowest BCUT2D eigenvalue weighted by Crippen LogP contribution is -2.54. The van der Waals surface area contributed by atoms with Crippen molar-refractivity contribution in [1.29, 1.82) is 0 Å². The number of benzene rings is 1. The summed E-state index contributed by atoms with van der Waals surface area (Å²) in [6.45, 7) is 10.9. The summed E-state index contributed by atoms with van der Waals surface area (Å²) in [5.41, 5.74) is 1.20. The topological polar surface area (TPSA) is 92.6 Å². The molecular weight excluding hydrogens is 480 g/mol. The fourth-order valence-electron chi connectivity index (χ4n) is 4.55. The number of nitrogens with zero attached hydrogens (tertiary/aromatic N) is 5. The lowest BCUT2D eigenvalue weighted by Gasteiger charge is -2.42. The number of Topliss-reactive ketones (excluding diaryl/α,β-unsaturated/α-hetero) is 1. The van der Waals surface area contributed by atoms with Gasteiger partial charge in [-0.1, -0.05) is 18.5 Å². The maximum absolute atomic E-state index is 12.6. The van der Waals surface area contributed by atoms with Crippen molar-refractivity contribution >= 4 is 45.7 Å². The van der Waals surface area contributed by atoms with Gasteiger partial charge >= 0.3 is 0 Å². The molecule has 0 amide bonds. The molecule has 0 saturated carbocycles. The van der Waals surface area contributed by atoms with E-state index in [-0.39, 0.29) is 23.7 Å². The molecule has 1 aliphatic heterocycles. The van der Waals surface area contributed by atoms with Gasteiger partial charge in [0.1, 0.15) is 11.6 Å². The van der Waals surface area contributed by atoms with Gasteiger partial charge in [-0.25, -0.2) is 4.98 Å². The largest absolute Gasteiger partial charge is 0.480 e. The Hall–Kier alpha value is -3.17. The van der Waals surface area contributed by atoms with Gasteiger partial charge in [-0.15, -0.1) is 0 Å². The number of nitrogens with one attached hydrogen (secondary N) is 1. The number of carbonyl (C=O) groups excluding carboxylic acids is 1. The number of fused-ring (bicyclic) bond motifs is 1. The van der Waals surface area contributed by atoms with E-state index in [2.05, 4.69) is 40.9 Å². The van der Waals surface area contributed by atoms with E-state index < -0.39 is 0 Å². The van der Waals surface area contributed by atoms with E-state index in [0.717, 1.165) is 36.2 Å². The standard InChI is InChI=1S/C26H33ClN6O3/c1-6-20(34)15-36-23-12-18-11-19(7-8-22(18)31(5)25(23)35)29-24-21(27)13-28-26(30-24)32-9-10-33(16(2)3)17(4)14-32/h7-8,11-13,16-17H,6,9-10,14-15H2,1-5H3,(H,28,29,30)/t17-/m1/s1. The minimum absolute atomic E-state index is 0.0678. The van der Waals surface area contributed by atoms with E-state index in [0.29, 0.717) is 35.3 Å². The summed E-state index contributed by atoms with van der Waals surface area (Å²) in [7, 11) is 1.68. The number of ether oxygens (including phenoxy) is 1. The number of pyridine rings is 1. The quantitative estimate of drug-likeness (QED) is 0.484. The minimum atomic E-state index is -0.289. The Morgan fingerprint density at radius 1 is 1.28 bits per heavy atom. The normalized spacial score (nSPS) is 16.5. The molecule has 9 nitrogen and oxygen atoms in total. The first-order chi connectivity index (χ1) is 17.2. The van der Waals surface area contributed by atoms with Crippen LogP contribution in [-0.2, 0) is 11.8 Å². The van der Waals surface area contributed by atoms with Gasteiger partial charge in [0.2, 0.25) is 5.95 Å². The number of halogens is 1. The average molecular weight is 513 g/mol. The molecule has 0 bridgehead atoms. The minimum Gasteiger partial charge on any atom is -0.480 e. The van der Waals surface area contributed by atoms with Crippen molar-refractivity contribution in [2.75, 3.05) is 36.5 Å². The van der Waals surface area contributed by atoms with Crippen molar-refractivity contribution in [3.8, 4) is 5.75 Å². The molecule has 36 heavy (non-hydrogen) atoms. The predicted molar refractivity (Wildman–Crippen MR) is 144 cm³/mol. The summed E-state index contributed by atoms with van der Waals surface area (Å²) in [6.07, 6.45) is 1.98. The Morgan fingerprint density at radius 2 is 2.06 bits per heavy atom. The molecule has 0 aliphatic carbocycles. The van der Waals surface area contributed by atoms with Crippen molar-refractivity contribution in [1.82, 2.24) is 19.4 Å². The van der Waals surface area contributed by atoms with Crippen molar-refractivity contribution in [3.05, 3.63) is 45.8 Å². The first-order valence-corrected chi connectivity index (χ1v) is 12.6. The van der Waals surface area contributed by atoms with Crippen LogP contribution in [0.1, 0.15) is 34.1 Å². The average Bonchev–Trinajstić information content (AvgIpc) is 2.86. The van der Waals surface area contributed by atoms with Gasteiger partial charge in [-0.05, 0) is 45.0 Å². The molecular formula is C26H33ClN6O3. The first kappa shape index (κ1) is 25.9. The van der Waals surface area contributed by atoms with E-state index in [1.807, 2.05) is 18.2 Å². The predicted octanol–water partition coefficient (Wildman–Crippen LogP) is 4.00. The summed E-state index contributed by atoms with van der Waals surface area (Å²) in [5, 5.41) is 4.49. The Labute approximate surface area is 216 Å². The monoisotopic (exact) mass is 512 g/mol. The van der Waals surface area contributed by atoms with Gasteiger partial charge in [0, 0.05) is 56.3 Å². The van der Waals surface area contributed by atoms with Crippen LogP contribution in [0, 0.1) is 0 Å². The van der Waals surface area contributed by atoms with Crippen molar-refractivity contribution < 1.29 is 9.53 Å². The number of carbonyl (C=O) groups is 1. The van der Waals surface area contributed by atoms with Gasteiger partial charge in [0.15, 0.2) is 17.4 Å². The number of rotatable bonds is 8. The number of ketones is 1. The highest BCUT2D eigenvalue weighted by molar-refractivity contribution is 6.32. The van der Waals surface area contributed by atoms with Gasteiger partial charge < -0.3 is 19.5 Å². The van der Waals surface area contributed by atoms with Gasteiger partial charge in [0.25, 0.3) is 5.56 Å². The van der Waals surface area contributed by atoms with E-state index in [1.165, 1.54) is 4.57 Å². The number of aromatic nitrogens is 3. The van der Waals surface area contributed by atoms with Crippen LogP contribution in [0.2, 0.25) is 5.02 Å². The third-order valence-corrected chi connectivity index (χ3v) is 6.87. The molecule has 1 atom stereocenters. The molecule has 192 valence electrons. The number of anilines is 3. The maximum atomic E-state index is 12.6. The summed E-state index contributed by atoms with van der Waals surface area (Å²) < 4.78 is 7.03. The summed E-state index contributed by atoms with van der Waals surface area (Å²) in [4.78, 5) is 38.2. The zero-order valence-electron chi connectivity index (χ0n) is 21.4. The van der Waals surface area contributed by atoms with Crippen LogP contribution in [0.5, 0.6) is 5.75 Å². The van der Waals surface area contributed by atoms with Crippen molar-refractivity contribution in [2.45, 2.75) is 46.2 Å². The second-order valence-corrected chi connectivity index (χ2v) is 9.85. The third-order valence-electron chi connectivity index (χ3n) is 6.59. The SMILES string of the molecule is CCC(=O)COc1cc2cc(Nc3nc(N4CCN(C(C)C)[C@H](C)C4)ncc3Cl)ccc2n(C)c1=O. The van der Waals surface area contributed by atoms with Crippen LogP contribution >= 0.6 is 11.6 Å². The smallest absolute Gasteiger partial charge is 0.293 e. The molecule has 4 rings (SSSR count). The van der Waals surface area contributed by atoms with Gasteiger partial charge in [0.05, 0.1) is 11.7 Å². The van der Waals surface area contributed by atoms with Crippen molar-refractivity contribution in [2.24, 2.45) is 7.05 Å². The Bertz CT molecular complexity index is 1330. The molecule has 2 aromatic heterocycles. The molecule has 1 aliphatic rings. The molecule has 0 radical (unpaired) electrons. The number of aryl methyl sites for hydroxylation is 1. The molecule has 3 aromatic rings. The van der Waals surface area contributed by atoms with Gasteiger partial charge in [-0.2, -0.15) is 4.98 Å². The maximum Gasteiger partial charge on any atom is 0.293 e. The van der Waals surface area contributed by atoms with Crippen LogP contribution < -0.4 is 20.5 Å². The summed E-state index contributed by atoms with van der Waals surface area (Å²) in [5.74, 6) is 1.22. The second-order valence-electron chi connectivity index (χ2n) is 9.45. The zero-order valence-corrected chi connectivity index (χ0v) is 22.2. The number of hydrogen-bond donors (Lipinski definition) is 1. The van der Waals surface area contributed by atoms with Crippen LogP contribution in [0.3, 0.4) is 0 Å². The lowest BCUT2D eigenvalue weighted by molar-refractivity contribution is -0.120. The van der Waals surface area contributed by atoms with E-state index in [4.69, 9.17) is 21.3 Å². The molecule has 0 unspecified atom stereocenters. The molecule has 10 heteroatoms. The second kappa shape index (κ2) is 10.8. The molecule has 1 aromatic carbocycles. The highest BCUT2D eigenvalue weighted by atomic mass is 35.5. The number of piperazine rings is 1. The molecule has 0 spiro atoms. The highest BCUT2D eigenvalue weighted by Gasteiger charge is 2.27. The van der Waals surface area contributed by atoms with Crippen LogP contribution in [-0.4, -0.2) is 63.5 Å². The third kappa shape index (κ3) is 5.47. The van der Waals surface area contributed by atoms with Gasteiger partial charge in [-0.3, -0.25) is 14.5 Å². The highest BCUT2D eigenvalue weighted by Crippen LogP contribution is 2.28. The molecule has 3 heterocycles. The fraction of sp³-hybridized carbons (Fsp3) is 0.462. The summed E-state index contributed by atoms with van der Waals surface area (Å²) >= 11 is 6.44. The molecule has 1 N–H and O–H groups in total. The Kier molecular flexibility index (Phi) is 7.80. The number of hydrogen-bond acceptors (Lipinski definition) is 8. The fourth-order valence-corrected chi connectivity index (χ4v) is 4.69. The zero-order chi connectivity index (χ0) is 26.0. The first-order valence-electron chi connectivity index (χ1n) is 12.3. The van der Waals surface area contributed by atoms with Crippen LogP contribution in [0.25, 0.3) is 10.9 Å². The van der Waals surface area contributed by atoms with E-state index in [1.54, 1.807) is 26.2 Å². The van der Waals surface area contributed by atoms with Crippen LogP contribution in [0.4, 0.5) is 17.5 Å². The lowest BCUT2D eigenvalue weighted by atomic mass is 10.1. The van der Waals surface area contributed by atoms with Crippen LogP contribution in [0.15, 0.2) is 35.3 Å². The molecule has 1 fully saturated rings. The molecule has 1 saturated heterocycles. The van der Waals surface area contributed by atoms with E-state index in [9.17, 15) is 9.59 Å².